The molecule has 1 rings (SSSR count). The molecule has 13 heavy (non-hydrogen) atoms. The van der Waals surface area contributed by atoms with E-state index in [1.165, 1.54) is 0 Å². The maximum absolute atomic E-state index is 13.2. The van der Waals surface area contributed by atoms with Crippen LogP contribution in [-0.2, 0) is 4.79 Å². The predicted molar refractivity (Wildman–Crippen MR) is 50.4 cm³/mol. The quantitative estimate of drug-likeness (QED) is 0.626. The first kappa shape index (κ1) is 10.6. The first-order chi connectivity index (χ1) is 6.01. The standard InChI is InChI=1S/C10H18FNO/c1-10(2,11)8-12-5-3-9(7-13)4-6-12/h7,9H,3-6,8H2,1-2H3. The normalized spacial score (nSPS) is 21.8. The summed E-state index contributed by atoms with van der Waals surface area (Å²) < 4.78 is 13.2. The van der Waals surface area contributed by atoms with Crippen molar-refractivity contribution < 1.29 is 9.18 Å². The van der Waals surface area contributed by atoms with Gasteiger partial charge in [0.2, 0.25) is 0 Å². The lowest BCUT2D eigenvalue weighted by molar-refractivity contribution is -0.112. The van der Waals surface area contributed by atoms with Crippen LogP contribution < -0.4 is 0 Å². The molecule has 0 aromatic rings. The molecule has 0 spiro atoms. The zero-order chi connectivity index (χ0) is 9.90. The fourth-order valence-electron chi connectivity index (χ4n) is 1.78. The van der Waals surface area contributed by atoms with Gasteiger partial charge in [0.25, 0.3) is 0 Å². The van der Waals surface area contributed by atoms with Crippen LogP contribution in [0.5, 0.6) is 0 Å². The van der Waals surface area contributed by atoms with E-state index in [-0.39, 0.29) is 5.92 Å². The fourth-order valence-corrected chi connectivity index (χ4v) is 1.78. The van der Waals surface area contributed by atoms with Gasteiger partial charge in [-0.25, -0.2) is 4.39 Å². The topological polar surface area (TPSA) is 20.3 Å². The van der Waals surface area contributed by atoms with Crippen molar-refractivity contribution >= 4 is 6.29 Å². The van der Waals surface area contributed by atoms with Gasteiger partial charge >= 0.3 is 0 Å². The summed E-state index contributed by atoms with van der Waals surface area (Å²) in [6, 6.07) is 0. The van der Waals surface area contributed by atoms with Crippen molar-refractivity contribution in [1.82, 2.24) is 4.90 Å². The van der Waals surface area contributed by atoms with Gasteiger partial charge in [-0.1, -0.05) is 0 Å². The maximum Gasteiger partial charge on any atom is 0.123 e. The molecule has 1 aliphatic heterocycles. The summed E-state index contributed by atoms with van der Waals surface area (Å²) in [7, 11) is 0. The number of alkyl halides is 1. The minimum Gasteiger partial charge on any atom is -0.303 e. The van der Waals surface area contributed by atoms with Crippen molar-refractivity contribution in [2.45, 2.75) is 32.4 Å². The van der Waals surface area contributed by atoms with Crippen molar-refractivity contribution in [3.8, 4) is 0 Å². The Labute approximate surface area is 79.1 Å². The second-order valence-corrected chi connectivity index (χ2v) is 4.47. The van der Waals surface area contributed by atoms with Crippen molar-refractivity contribution in [2.24, 2.45) is 5.92 Å². The van der Waals surface area contributed by atoms with Crippen molar-refractivity contribution in [2.75, 3.05) is 19.6 Å². The number of aldehydes is 1. The molecule has 1 fully saturated rings. The zero-order valence-corrected chi connectivity index (χ0v) is 8.42. The molecule has 0 aromatic heterocycles. The van der Waals surface area contributed by atoms with E-state index >= 15 is 0 Å². The Kier molecular flexibility index (Phi) is 3.42. The Morgan fingerprint density at radius 2 is 2.00 bits per heavy atom. The zero-order valence-electron chi connectivity index (χ0n) is 8.42. The van der Waals surface area contributed by atoms with E-state index in [4.69, 9.17) is 0 Å². The predicted octanol–water partition coefficient (Wildman–Crippen LogP) is 1.65. The lowest BCUT2D eigenvalue weighted by Crippen LogP contribution is -2.41. The molecule has 2 nitrogen and oxygen atoms in total. The van der Waals surface area contributed by atoms with Gasteiger partial charge in [0, 0.05) is 12.5 Å². The third-order valence-electron chi connectivity index (χ3n) is 2.42. The highest BCUT2D eigenvalue weighted by Gasteiger charge is 2.24. The third kappa shape index (κ3) is 3.85. The minimum absolute atomic E-state index is 0.207. The number of halogens is 1. The van der Waals surface area contributed by atoms with Gasteiger partial charge in [0.05, 0.1) is 0 Å². The highest BCUT2D eigenvalue weighted by molar-refractivity contribution is 5.53. The molecule has 0 saturated carbocycles. The Hall–Kier alpha value is -0.440. The van der Waals surface area contributed by atoms with E-state index in [2.05, 4.69) is 4.90 Å². The molecule has 1 saturated heterocycles. The number of carbonyl (C=O) groups excluding carboxylic acids is 1. The van der Waals surface area contributed by atoms with E-state index < -0.39 is 5.67 Å². The van der Waals surface area contributed by atoms with Crippen LogP contribution in [0.3, 0.4) is 0 Å². The van der Waals surface area contributed by atoms with Gasteiger partial charge in [-0.15, -0.1) is 0 Å². The van der Waals surface area contributed by atoms with Crippen molar-refractivity contribution in [3.63, 3.8) is 0 Å². The van der Waals surface area contributed by atoms with E-state index in [1.807, 2.05) is 0 Å². The van der Waals surface area contributed by atoms with Crippen molar-refractivity contribution in [3.05, 3.63) is 0 Å². The largest absolute Gasteiger partial charge is 0.303 e. The van der Waals surface area contributed by atoms with Crippen LogP contribution in [0.25, 0.3) is 0 Å². The van der Waals surface area contributed by atoms with Crippen LogP contribution >= 0.6 is 0 Å². The summed E-state index contributed by atoms with van der Waals surface area (Å²) in [5.41, 5.74) is -1.12. The van der Waals surface area contributed by atoms with Crippen LogP contribution in [0.4, 0.5) is 4.39 Å². The molecule has 0 N–H and O–H groups in total. The smallest absolute Gasteiger partial charge is 0.123 e. The second-order valence-electron chi connectivity index (χ2n) is 4.47. The Morgan fingerprint density at radius 3 is 2.38 bits per heavy atom. The summed E-state index contributed by atoms with van der Waals surface area (Å²) in [5, 5.41) is 0. The molecule has 3 heteroatoms. The molecule has 0 atom stereocenters. The number of carbonyl (C=O) groups is 1. The van der Waals surface area contributed by atoms with Gasteiger partial charge in [0.15, 0.2) is 0 Å². The Morgan fingerprint density at radius 1 is 1.46 bits per heavy atom. The molecule has 0 amide bonds. The summed E-state index contributed by atoms with van der Waals surface area (Å²) in [6.07, 6.45) is 2.80. The number of likely N-dealkylation sites (tertiary alicyclic amines) is 1. The average molecular weight is 187 g/mol. The van der Waals surface area contributed by atoms with Crippen LogP contribution in [0.15, 0.2) is 0 Å². The average Bonchev–Trinajstić information content (AvgIpc) is 2.03. The molecule has 1 heterocycles. The number of rotatable bonds is 3. The molecule has 0 unspecified atom stereocenters. The van der Waals surface area contributed by atoms with Gasteiger partial charge in [-0.3, -0.25) is 0 Å². The SMILES string of the molecule is CC(C)(F)CN1CCC(C=O)CC1. The molecule has 76 valence electrons. The van der Waals surface area contributed by atoms with E-state index in [0.29, 0.717) is 6.54 Å². The number of piperidine rings is 1. The van der Waals surface area contributed by atoms with Gasteiger partial charge in [-0.05, 0) is 39.8 Å². The molecular weight excluding hydrogens is 169 g/mol. The van der Waals surface area contributed by atoms with Gasteiger partial charge < -0.3 is 9.69 Å². The first-order valence-corrected chi connectivity index (χ1v) is 4.88. The maximum atomic E-state index is 13.2. The van der Waals surface area contributed by atoms with E-state index in [9.17, 15) is 9.18 Å². The highest BCUT2D eigenvalue weighted by Crippen LogP contribution is 2.18. The Bertz CT molecular complexity index is 168. The second kappa shape index (κ2) is 4.18. The third-order valence-corrected chi connectivity index (χ3v) is 2.42. The minimum atomic E-state index is -1.12. The molecule has 0 aromatic carbocycles. The van der Waals surface area contributed by atoms with E-state index in [0.717, 1.165) is 32.2 Å². The summed E-state index contributed by atoms with van der Waals surface area (Å²) in [4.78, 5) is 12.6. The van der Waals surface area contributed by atoms with Crippen LogP contribution in [0.1, 0.15) is 26.7 Å². The number of nitrogens with zero attached hydrogens (tertiary/aromatic N) is 1. The van der Waals surface area contributed by atoms with Gasteiger partial charge in [-0.2, -0.15) is 0 Å². The summed E-state index contributed by atoms with van der Waals surface area (Å²) >= 11 is 0. The monoisotopic (exact) mass is 187 g/mol. The fraction of sp³-hybridized carbons (Fsp3) is 0.900. The molecule has 1 aliphatic rings. The first-order valence-electron chi connectivity index (χ1n) is 4.88. The molecule has 0 bridgehead atoms. The summed E-state index contributed by atoms with van der Waals surface area (Å²) in [5.74, 6) is 0.207. The van der Waals surface area contributed by atoms with Crippen LogP contribution in [0.2, 0.25) is 0 Å². The van der Waals surface area contributed by atoms with Crippen LogP contribution in [0, 0.1) is 5.92 Å². The lowest BCUT2D eigenvalue weighted by Gasteiger charge is -2.32. The summed E-state index contributed by atoms with van der Waals surface area (Å²) in [6.45, 7) is 5.39. The molecular formula is C10H18FNO. The molecule has 0 radical (unpaired) electrons. The molecule has 0 aliphatic carbocycles. The lowest BCUT2D eigenvalue weighted by atomic mass is 9.97. The van der Waals surface area contributed by atoms with Crippen molar-refractivity contribution in [1.29, 1.82) is 0 Å². The highest BCUT2D eigenvalue weighted by atomic mass is 19.1. The number of hydrogen-bond donors (Lipinski definition) is 0. The van der Waals surface area contributed by atoms with Crippen LogP contribution in [-0.4, -0.2) is 36.5 Å². The Balaban J connectivity index is 2.29. The van der Waals surface area contributed by atoms with E-state index in [1.54, 1.807) is 13.8 Å². The van der Waals surface area contributed by atoms with Gasteiger partial charge in [0.1, 0.15) is 12.0 Å². The number of hydrogen-bond acceptors (Lipinski definition) is 2.